The highest BCUT2D eigenvalue weighted by molar-refractivity contribution is 6.17. The van der Waals surface area contributed by atoms with Crippen molar-refractivity contribution in [2.45, 2.75) is 57.9 Å². The fraction of sp³-hybridized carbons (Fsp3) is 0.600. The minimum absolute atomic E-state index is 0.0680. The lowest BCUT2D eigenvalue weighted by Gasteiger charge is -2.35. The van der Waals surface area contributed by atoms with E-state index in [0.717, 1.165) is 54.5 Å². The molecule has 2 fully saturated rings. The Kier molecular flexibility index (Phi) is 4.52. The lowest BCUT2D eigenvalue weighted by molar-refractivity contribution is -0.126. The van der Waals surface area contributed by atoms with Gasteiger partial charge in [0.1, 0.15) is 5.92 Å². The second-order valence-electron chi connectivity index (χ2n) is 7.58. The Morgan fingerprint density at radius 1 is 1.12 bits per heavy atom. The van der Waals surface area contributed by atoms with Crippen LogP contribution in [0, 0.1) is 26.7 Å². The Bertz CT molecular complexity index is 648. The Balaban J connectivity index is 1.88. The molecule has 1 heterocycles. The lowest BCUT2D eigenvalue weighted by Crippen LogP contribution is -2.49. The molecule has 4 heteroatoms. The standard InChI is InChI=1S/C20H27NO3/c1-12-9-13(2)16(14(3)10-12)17-18(22)20(21-19(17)23)7-5-15(6-8-20)11-24-4/h9-10,15,17H,5-8,11H2,1-4H3,(H,21,23). The van der Waals surface area contributed by atoms with Crippen LogP contribution in [0.3, 0.4) is 0 Å². The molecule has 1 N–H and O–H groups in total. The number of Topliss-reactive ketones (excluding diaryl/α,β-unsaturated/α-hetero) is 1. The third-order valence-corrected chi connectivity index (χ3v) is 5.75. The molecule has 0 bridgehead atoms. The second-order valence-corrected chi connectivity index (χ2v) is 7.58. The molecule has 1 aromatic carbocycles. The van der Waals surface area contributed by atoms with Crippen molar-refractivity contribution in [1.82, 2.24) is 5.32 Å². The summed E-state index contributed by atoms with van der Waals surface area (Å²) in [5.74, 6) is -0.213. The van der Waals surface area contributed by atoms with Gasteiger partial charge in [-0.15, -0.1) is 0 Å². The van der Waals surface area contributed by atoms with Crippen molar-refractivity contribution >= 4 is 11.7 Å². The maximum Gasteiger partial charge on any atom is 0.235 e. The number of ketones is 1. The van der Waals surface area contributed by atoms with Crippen LogP contribution in [-0.2, 0) is 14.3 Å². The molecule has 1 aliphatic carbocycles. The van der Waals surface area contributed by atoms with Gasteiger partial charge in [0.15, 0.2) is 5.78 Å². The van der Waals surface area contributed by atoms with Gasteiger partial charge in [0.2, 0.25) is 5.91 Å². The van der Waals surface area contributed by atoms with Crippen LogP contribution in [-0.4, -0.2) is 30.9 Å². The number of carbonyl (C=O) groups is 2. The number of ether oxygens (including phenoxy) is 1. The van der Waals surface area contributed by atoms with Crippen molar-refractivity contribution in [2.24, 2.45) is 5.92 Å². The number of methoxy groups -OCH3 is 1. The highest BCUT2D eigenvalue weighted by Gasteiger charge is 2.54. The van der Waals surface area contributed by atoms with Crippen LogP contribution >= 0.6 is 0 Å². The largest absolute Gasteiger partial charge is 0.384 e. The molecular formula is C20H27NO3. The molecule has 1 atom stereocenters. The highest BCUT2D eigenvalue weighted by atomic mass is 16.5. The van der Waals surface area contributed by atoms with E-state index in [2.05, 4.69) is 17.4 Å². The first kappa shape index (κ1) is 17.2. The fourth-order valence-corrected chi connectivity index (χ4v) is 4.62. The summed E-state index contributed by atoms with van der Waals surface area (Å²) in [7, 11) is 1.71. The Morgan fingerprint density at radius 3 is 2.25 bits per heavy atom. The van der Waals surface area contributed by atoms with Crippen LogP contribution in [0.15, 0.2) is 12.1 Å². The predicted octanol–water partition coefficient (Wildman–Crippen LogP) is 2.97. The molecule has 130 valence electrons. The van der Waals surface area contributed by atoms with Gasteiger partial charge in [-0.25, -0.2) is 0 Å². The molecule has 4 nitrogen and oxygen atoms in total. The molecule has 2 aliphatic rings. The van der Waals surface area contributed by atoms with Gasteiger partial charge in [-0.1, -0.05) is 17.7 Å². The van der Waals surface area contributed by atoms with Crippen molar-refractivity contribution < 1.29 is 14.3 Å². The second kappa shape index (κ2) is 6.32. The minimum atomic E-state index is -0.657. The van der Waals surface area contributed by atoms with Crippen molar-refractivity contribution in [3.05, 3.63) is 34.4 Å². The van der Waals surface area contributed by atoms with Crippen LogP contribution in [0.25, 0.3) is 0 Å². The van der Waals surface area contributed by atoms with E-state index in [1.54, 1.807) is 7.11 Å². The zero-order chi connectivity index (χ0) is 17.5. The molecule has 1 aliphatic heterocycles. The molecule has 1 unspecified atom stereocenters. The molecule has 0 aromatic heterocycles. The number of hydrogen-bond acceptors (Lipinski definition) is 3. The maximum absolute atomic E-state index is 13.2. The lowest BCUT2D eigenvalue weighted by atomic mass is 9.72. The number of aryl methyl sites for hydroxylation is 3. The van der Waals surface area contributed by atoms with Gasteiger partial charge in [-0.3, -0.25) is 9.59 Å². The topological polar surface area (TPSA) is 55.4 Å². The number of carbonyl (C=O) groups excluding carboxylic acids is 2. The molecule has 1 spiro atoms. The SMILES string of the molecule is COCC1CCC2(CC1)NC(=O)C(c1c(C)cc(C)cc1C)C2=O. The van der Waals surface area contributed by atoms with E-state index in [1.807, 2.05) is 20.8 Å². The summed E-state index contributed by atoms with van der Waals surface area (Å²) in [6, 6.07) is 4.12. The minimum Gasteiger partial charge on any atom is -0.384 e. The Labute approximate surface area is 144 Å². The Hall–Kier alpha value is -1.68. The fourth-order valence-electron chi connectivity index (χ4n) is 4.62. The van der Waals surface area contributed by atoms with E-state index >= 15 is 0 Å². The van der Waals surface area contributed by atoms with Crippen molar-refractivity contribution in [1.29, 1.82) is 0 Å². The smallest absolute Gasteiger partial charge is 0.235 e. The molecule has 1 saturated carbocycles. The zero-order valence-corrected chi connectivity index (χ0v) is 15.1. The van der Waals surface area contributed by atoms with Gasteiger partial charge in [0.05, 0.1) is 5.54 Å². The van der Waals surface area contributed by atoms with E-state index in [0.29, 0.717) is 5.92 Å². The molecular weight excluding hydrogens is 302 g/mol. The summed E-state index contributed by atoms with van der Waals surface area (Å²) < 4.78 is 5.24. The first-order chi connectivity index (χ1) is 11.4. The summed E-state index contributed by atoms with van der Waals surface area (Å²) in [5, 5.41) is 3.07. The predicted molar refractivity (Wildman–Crippen MR) is 93.1 cm³/mol. The number of rotatable bonds is 3. The first-order valence-electron chi connectivity index (χ1n) is 8.81. The van der Waals surface area contributed by atoms with Gasteiger partial charge in [0.25, 0.3) is 0 Å². The summed E-state index contributed by atoms with van der Waals surface area (Å²) >= 11 is 0. The average Bonchev–Trinajstić information content (AvgIpc) is 2.74. The number of nitrogens with one attached hydrogen (secondary N) is 1. The molecule has 24 heavy (non-hydrogen) atoms. The van der Waals surface area contributed by atoms with Crippen LogP contribution in [0.5, 0.6) is 0 Å². The average molecular weight is 329 g/mol. The van der Waals surface area contributed by atoms with Crippen molar-refractivity contribution in [2.75, 3.05) is 13.7 Å². The normalized spacial score (nSPS) is 30.0. The van der Waals surface area contributed by atoms with Gasteiger partial charge in [0, 0.05) is 13.7 Å². The van der Waals surface area contributed by atoms with Gasteiger partial charge in [-0.2, -0.15) is 0 Å². The summed E-state index contributed by atoms with van der Waals surface area (Å²) in [4.78, 5) is 25.9. The van der Waals surface area contributed by atoms with Crippen LogP contribution < -0.4 is 5.32 Å². The first-order valence-corrected chi connectivity index (χ1v) is 8.81. The quantitative estimate of drug-likeness (QED) is 0.868. The van der Waals surface area contributed by atoms with Gasteiger partial charge >= 0.3 is 0 Å². The van der Waals surface area contributed by atoms with E-state index in [9.17, 15) is 9.59 Å². The molecule has 1 saturated heterocycles. The van der Waals surface area contributed by atoms with Gasteiger partial charge < -0.3 is 10.1 Å². The molecule has 1 aromatic rings. The van der Waals surface area contributed by atoms with E-state index in [4.69, 9.17) is 4.74 Å². The number of benzene rings is 1. The number of hydrogen-bond donors (Lipinski definition) is 1. The van der Waals surface area contributed by atoms with E-state index in [-0.39, 0.29) is 11.7 Å². The zero-order valence-electron chi connectivity index (χ0n) is 15.1. The summed E-state index contributed by atoms with van der Waals surface area (Å²) in [6.45, 7) is 6.77. The molecule has 1 amide bonds. The van der Waals surface area contributed by atoms with Crippen LogP contribution in [0.1, 0.15) is 53.9 Å². The summed E-state index contributed by atoms with van der Waals surface area (Å²) in [6.07, 6.45) is 3.31. The third kappa shape index (κ3) is 2.77. The third-order valence-electron chi connectivity index (χ3n) is 5.75. The van der Waals surface area contributed by atoms with Gasteiger partial charge in [-0.05, 0) is 69.1 Å². The number of amides is 1. The van der Waals surface area contributed by atoms with Crippen LogP contribution in [0.4, 0.5) is 0 Å². The molecule has 3 rings (SSSR count). The van der Waals surface area contributed by atoms with E-state index < -0.39 is 11.5 Å². The molecule has 0 radical (unpaired) electrons. The monoisotopic (exact) mass is 329 g/mol. The highest BCUT2D eigenvalue weighted by Crippen LogP contribution is 2.42. The summed E-state index contributed by atoms with van der Waals surface area (Å²) in [5.41, 5.74) is 3.47. The van der Waals surface area contributed by atoms with E-state index in [1.165, 1.54) is 0 Å². The van der Waals surface area contributed by atoms with Crippen molar-refractivity contribution in [3.63, 3.8) is 0 Å². The van der Waals surface area contributed by atoms with Crippen molar-refractivity contribution in [3.8, 4) is 0 Å². The van der Waals surface area contributed by atoms with Crippen LogP contribution in [0.2, 0.25) is 0 Å². The Morgan fingerprint density at radius 2 is 1.71 bits per heavy atom. The maximum atomic E-state index is 13.2.